The number of amides is 2. The van der Waals surface area contributed by atoms with Crippen molar-refractivity contribution in [2.45, 2.75) is 39.2 Å². The highest BCUT2D eigenvalue weighted by Crippen LogP contribution is 2.13. The molecule has 2 heterocycles. The quantitative estimate of drug-likeness (QED) is 0.844. The summed E-state index contributed by atoms with van der Waals surface area (Å²) >= 11 is 0. The second kappa shape index (κ2) is 5.86. The lowest BCUT2D eigenvalue weighted by atomic mass is 10.1. The first-order chi connectivity index (χ1) is 9.10. The van der Waals surface area contributed by atoms with Crippen LogP contribution in [0.2, 0.25) is 0 Å². The molecule has 104 valence electrons. The van der Waals surface area contributed by atoms with Gasteiger partial charge in [-0.15, -0.1) is 0 Å². The molecule has 2 rings (SSSR count). The summed E-state index contributed by atoms with van der Waals surface area (Å²) in [5.74, 6) is -0.113. The highest BCUT2D eigenvalue weighted by atomic mass is 16.2. The van der Waals surface area contributed by atoms with Crippen molar-refractivity contribution in [1.29, 1.82) is 0 Å². The highest BCUT2D eigenvalue weighted by molar-refractivity contribution is 5.92. The fourth-order valence-electron chi connectivity index (χ4n) is 2.38. The molecule has 19 heavy (non-hydrogen) atoms. The molecule has 1 aromatic heterocycles. The molecule has 0 aliphatic carbocycles. The maximum atomic E-state index is 12.3. The Labute approximate surface area is 112 Å². The summed E-state index contributed by atoms with van der Waals surface area (Å²) in [6.07, 6.45) is 2.65. The molecule has 0 aromatic carbocycles. The molecule has 1 aromatic rings. The van der Waals surface area contributed by atoms with Crippen LogP contribution in [-0.2, 0) is 11.2 Å². The molecule has 1 unspecified atom stereocenters. The summed E-state index contributed by atoms with van der Waals surface area (Å²) < 4.78 is 0. The summed E-state index contributed by atoms with van der Waals surface area (Å²) in [4.78, 5) is 25.1. The molecule has 1 saturated heterocycles. The molecule has 1 aliphatic rings. The normalized spacial score (nSPS) is 19.3. The molecule has 0 spiro atoms. The van der Waals surface area contributed by atoms with E-state index < -0.39 is 0 Å². The average molecular weight is 264 g/mol. The van der Waals surface area contributed by atoms with Gasteiger partial charge in [-0.25, -0.2) is 0 Å². The number of nitrogens with zero attached hydrogens (tertiary/aromatic N) is 2. The van der Waals surface area contributed by atoms with Crippen LogP contribution in [0.4, 0.5) is 0 Å². The number of piperidine rings is 1. The Morgan fingerprint density at radius 1 is 1.58 bits per heavy atom. The third-order valence-corrected chi connectivity index (χ3v) is 3.35. The first-order valence-corrected chi connectivity index (χ1v) is 6.70. The van der Waals surface area contributed by atoms with Crippen LogP contribution in [-0.4, -0.2) is 46.0 Å². The second-order valence-electron chi connectivity index (χ2n) is 4.92. The Hall–Kier alpha value is -1.85. The van der Waals surface area contributed by atoms with Gasteiger partial charge in [-0.2, -0.15) is 5.10 Å². The van der Waals surface area contributed by atoms with Gasteiger partial charge in [0.25, 0.3) is 5.91 Å². The van der Waals surface area contributed by atoms with Gasteiger partial charge in [0, 0.05) is 31.7 Å². The Morgan fingerprint density at radius 2 is 2.37 bits per heavy atom. The van der Waals surface area contributed by atoms with Gasteiger partial charge in [0.05, 0.1) is 0 Å². The van der Waals surface area contributed by atoms with Crippen LogP contribution in [0.15, 0.2) is 6.07 Å². The Bertz CT molecular complexity index is 469. The van der Waals surface area contributed by atoms with E-state index in [9.17, 15) is 9.59 Å². The van der Waals surface area contributed by atoms with Crippen molar-refractivity contribution >= 4 is 11.8 Å². The third-order valence-electron chi connectivity index (χ3n) is 3.35. The van der Waals surface area contributed by atoms with Crippen molar-refractivity contribution in [2.75, 3.05) is 13.1 Å². The zero-order valence-electron chi connectivity index (χ0n) is 11.4. The van der Waals surface area contributed by atoms with Crippen LogP contribution in [0.3, 0.4) is 0 Å². The number of H-pyrrole nitrogens is 1. The number of hydrogen-bond acceptors (Lipinski definition) is 3. The third kappa shape index (κ3) is 3.33. The molecule has 1 fully saturated rings. The van der Waals surface area contributed by atoms with E-state index in [1.54, 1.807) is 11.0 Å². The van der Waals surface area contributed by atoms with E-state index in [1.807, 2.05) is 6.92 Å². The molecular weight excluding hydrogens is 244 g/mol. The van der Waals surface area contributed by atoms with Gasteiger partial charge in [0.1, 0.15) is 5.69 Å². The molecule has 2 N–H and O–H groups in total. The van der Waals surface area contributed by atoms with E-state index >= 15 is 0 Å². The molecule has 6 nitrogen and oxygen atoms in total. The number of carbonyl (C=O) groups excluding carboxylic acids is 2. The monoisotopic (exact) mass is 264 g/mol. The van der Waals surface area contributed by atoms with Crippen molar-refractivity contribution in [3.63, 3.8) is 0 Å². The van der Waals surface area contributed by atoms with E-state index in [0.29, 0.717) is 12.2 Å². The van der Waals surface area contributed by atoms with E-state index in [4.69, 9.17) is 0 Å². The van der Waals surface area contributed by atoms with E-state index in [-0.39, 0.29) is 17.9 Å². The Morgan fingerprint density at radius 3 is 3.00 bits per heavy atom. The second-order valence-corrected chi connectivity index (χ2v) is 4.92. The predicted molar refractivity (Wildman–Crippen MR) is 70.7 cm³/mol. The average Bonchev–Trinajstić information content (AvgIpc) is 2.86. The summed E-state index contributed by atoms with van der Waals surface area (Å²) in [6, 6.07) is 1.85. The molecule has 0 saturated carbocycles. The fourth-order valence-corrected chi connectivity index (χ4v) is 2.38. The van der Waals surface area contributed by atoms with Crippen LogP contribution in [0.1, 0.15) is 42.9 Å². The van der Waals surface area contributed by atoms with Crippen LogP contribution in [0.25, 0.3) is 0 Å². The minimum atomic E-state index is -0.0639. The van der Waals surface area contributed by atoms with E-state index in [2.05, 4.69) is 15.5 Å². The van der Waals surface area contributed by atoms with Gasteiger partial charge in [0.15, 0.2) is 0 Å². The number of aromatic amines is 1. The summed E-state index contributed by atoms with van der Waals surface area (Å²) in [5, 5.41) is 9.77. The van der Waals surface area contributed by atoms with Gasteiger partial charge >= 0.3 is 0 Å². The van der Waals surface area contributed by atoms with Crippen molar-refractivity contribution in [3.8, 4) is 0 Å². The van der Waals surface area contributed by atoms with E-state index in [0.717, 1.165) is 31.5 Å². The first-order valence-electron chi connectivity index (χ1n) is 6.70. The Balaban J connectivity index is 2.00. The lowest BCUT2D eigenvalue weighted by Gasteiger charge is -2.32. The van der Waals surface area contributed by atoms with E-state index in [1.165, 1.54) is 6.92 Å². The zero-order valence-corrected chi connectivity index (χ0v) is 11.4. The minimum absolute atomic E-state index is 0.0488. The molecule has 0 radical (unpaired) electrons. The zero-order chi connectivity index (χ0) is 13.8. The number of rotatable bonds is 3. The van der Waals surface area contributed by atoms with Crippen molar-refractivity contribution < 1.29 is 9.59 Å². The molecule has 0 bridgehead atoms. The number of aryl methyl sites for hydroxylation is 1. The SMILES string of the molecule is CCc1cc(C(=O)N2CCCC(NC(C)=O)C2)n[nH]1. The number of carbonyl (C=O) groups is 2. The van der Waals surface area contributed by atoms with Crippen LogP contribution < -0.4 is 5.32 Å². The van der Waals surface area contributed by atoms with Crippen LogP contribution in [0.5, 0.6) is 0 Å². The van der Waals surface area contributed by atoms with Crippen LogP contribution in [0, 0.1) is 0 Å². The molecule has 1 atom stereocenters. The lowest BCUT2D eigenvalue weighted by molar-refractivity contribution is -0.120. The molecule has 2 amide bonds. The maximum absolute atomic E-state index is 12.3. The number of aromatic nitrogens is 2. The number of likely N-dealkylation sites (tertiary alicyclic amines) is 1. The lowest BCUT2D eigenvalue weighted by Crippen LogP contribution is -2.49. The fraction of sp³-hybridized carbons (Fsp3) is 0.615. The number of hydrogen-bond donors (Lipinski definition) is 2. The highest BCUT2D eigenvalue weighted by Gasteiger charge is 2.26. The maximum Gasteiger partial charge on any atom is 0.274 e. The summed E-state index contributed by atoms with van der Waals surface area (Å²) in [7, 11) is 0. The molecular formula is C13H20N4O2. The van der Waals surface area contributed by atoms with Gasteiger partial charge in [-0.05, 0) is 25.3 Å². The molecule has 1 aliphatic heterocycles. The van der Waals surface area contributed by atoms with Gasteiger partial charge < -0.3 is 10.2 Å². The standard InChI is InChI=1S/C13H20N4O2/c1-3-10-7-12(16-15-10)13(19)17-6-4-5-11(8-17)14-9(2)18/h7,11H,3-6,8H2,1-2H3,(H,14,18)(H,15,16). The van der Waals surface area contributed by atoms with Gasteiger partial charge in [-0.3, -0.25) is 14.7 Å². The van der Waals surface area contributed by atoms with Gasteiger partial charge in [-0.1, -0.05) is 6.92 Å². The topological polar surface area (TPSA) is 78.1 Å². The smallest absolute Gasteiger partial charge is 0.274 e. The van der Waals surface area contributed by atoms with Crippen molar-refractivity contribution in [1.82, 2.24) is 20.4 Å². The largest absolute Gasteiger partial charge is 0.352 e. The first kappa shape index (κ1) is 13.6. The number of nitrogens with one attached hydrogen (secondary N) is 2. The van der Waals surface area contributed by atoms with Crippen LogP contribution >= 0.6 is 0 Å². The summed E-state index contributed by atoms with van der Waals surface area (Å²) in [6.45, 7) is 4.80. The van der Waals surface area contributed by atoms with Gasteiger partial charge in [0.2, 0.25) is 5.91 Å². The Kier molecular flexibility index (Phi) is 4.19. The van der Waals surface area contributed by atoms with Crippen molar-refractivity contribution in [3.05, 3.63) is 17.5 Å². The summed E-state index contributed by atoms with van der Waals surface area (Å²) in [5.41, 5.74) is 1.42. The van der Waals surface area contributed by atoms with Crippen molar-refractivity contribution in [2.24, 2.45) is 0 Å². The minimum Gasteiger partial charge on any atom is -0.352 e. The predicted octanol–water partition coefficient (Wildman–Crippen LogP) is 0.713. The molecule has 6 heteroatoms.